The molecule has 4 rings (SSSR count). The van der Waals surface area contributed by atoms with E-state index < -0.39 is 5.97 Å². The summed E-state index contributed by atoms with van der Waals surface area (Å²) in [5.41, 5.74) is 3.40. The van der Waals surface area contributed by atoms with Crippen molar-refractivity contribution in [2.45, 2.75) is 13.8 Å². The summed E-state index contributed by atoms with van der Waals surface area (Å²) < 4.78 is 5.38. The first-order valence-corrected chi connectivity index (χ1v) is 9.47. The number of aryl methyl sites for hydroxylation is 2. The van der Waals surface area contributed by atoms with E-state index >= 15 is 0 Å². The summed E-state index contributed by atoms with van der Waals surface area (Å²) in [6, 6.07) is 23.1. The third-order valence-electron chi connectivity index (χ3n) is 5.10. The zero-order chi connectivity index (χ0) is 20.4. The highest BCUT2D eigenvalue weighted by molar-refractivity contribution is 6.16. The molecule has 4 nitrogen and oxygen atoms in total. The first kappa shape index (κ1) is 18.7. The number of anilines is 1. The fourth-order valence-corrected chi connectivity index (χ4v) is 3.45. The molecule has 0 bridgehead atoms. The lowest BCUT2D eigenvalue weighted by molar-refractivity contribution is -0.119. The van der Waals surface area contributed by atoms with E-state index in [1.807, 2.05) is 86.6 Å². The average molecular weight is 383 g/mol. The van der Waals surface area contributed by atoms with Crippen molar-refractivity contribution in [1.29, 1.82) is 0 Å². The van der Waals surface area contributed by atoms with Crippen LogP contribution in [0.4, 0.5) is 5.69 Å². The molecule has 0 aliphatic heterocycles. The van der Waals surface area contributed by atoms with Crippen molar-refractivity contribution < 1.29 is 14.3 Å². The Hall–Kier alpha value is -3.66. The van der Waals surface area contributed by atoms with Crippen LogP contribution < -0.4 is 5.32 Å². The van der Waals surface area contributed by atoms with Gasteiger partial charge in [-0.15, -0.1) is 0 Å². The van der Waals surface area contributed by atoms with Gasteiger partial charge in [0.15, 0.2) is 6.61 Å². The number of rotatable bonds is 4. The van der Waals surface area contributed by atoms with E-state index in [9.17, 15) is 9.59 Å². The lowest BCUT2D eigenvalue weighted by Gasteiger charge is -2.12. The summed E-state index contributed by atoms with van der Waals surface area (Å²) in [6.07, 6.45) is 0. The number of benzene rings is 4. The Morgan fingerprint density at radius 3 is 2.03 bits per heavy atom. The van der Waals surface area contributed by atoms with Crippen molar-refractivity contribution in [3.63, 3.8) is 0 Å². The number of hydrogen-bond acceptors (Lipinski definition) is 3. The molecule has 4 aromatic carbocycles. The summed E-state index contributed by atoms with van der Waals surface area (Å²) in [7, 11) is 0. The van der Waals surface area contributed by atoms with Crippen molar-refractivity contribution in [1.82, 2.24) is 0 Å². The first-order valence-electron chi connectivity index (χ1n) is 9.47. The smallest absolute Gasteiger partial charge is 0.339 e. The van der Waals surface area contributed by atoms with Gasteiger partial charge in [-0.1, -0.05) is 54.6 Å². The quantitative estimate of drug-likeness (QED) is 0.379. The van der Waals surface area contributed by atoms with Gasteiger partial charge in [-0.3, -0.25) is 4.79 Å². The van der Waals surface area contributed by atoms with Gasteiger partial charge in [-0.05, 0) is 64.7 Å². The predicted molar refractivity (Wildman–Crippen MR) is 116 cm³/mol. The number of esters is 1. The predicted octanol–water partition coefficient (Wildman–Crippen LogP) is 5.41. The highest BCUT2D eigenvalue weighted by Crippen LogP contribution is 2.29. The molecular formula is C25H21NO3. The fourth-order valence-electron chi connectivity index (χ4n) is 3.45. The topological polar surface area (TPSA) is 55.4 Å². The van der Waals surface area contributed by atoms with E-state index in [2.05, 4.69) is 5.32 Å². The number of ether oxygens (including phenoxy) is 1. The summed E-state index contributed by atoms with van der Waals surface area (Å²) >= 11 is 0. The number of nitrogens with one attached hydrogen (secondary N) is 1. The standard InChI is InChI=1S/C25H21NO3/c1-16-11-12-20(13-17(16)2)26-23(27)15-29-25(28)24-21-9-5-3-7-18(21)14-19-8-4-6-10-22(19)24/h3-14H,15H2,1-2H3,(H,26,27). The van der Waals surface area contributed by atoms with E-state index in [-0.39, 0.29) is 12.5 Å². The van der Waals surface area contributed by atoms with Gasteiger partial charge in [-0.2, -0.15) is 0 Å². The number of hydrogen-bond donors (Lipinski definition) is 1. The van der Waals surface area contributed by atoms with Crippen LogP contribution in [0.25, 0.3) is 21.5 Å². The molecule has 144 valence electrons. The lowest BCUT2D eigenvalue weighted by atomic mass is 9.97. The molecule has 4 aromatic rings. The third-order valence-corrected chi connectivity index (χ3v) is 5.10. The molecule has 0 atom stereocenters. The Kier molecular flexibility index (Phi) is 5.00. The number of carbonyl (C=O) groups excluding carboxylic acids is 2. The number of carbonyl (C=O) groups is 2. The summed E-state index contributed by atoms with van der Waals surface area (Å²) in [4.78, 5) is 25.2. The van der Waals surface area contributed by atoms with Crippen LogP contribution >= 0.6 is 0 Å². The van der Waals surface area contributed by atoms with Crippen LogP contribution in [0.3, 0.4) is 0 Å². The highest BCUT2D eigenvalue weighted by atomic mass is 16.5. The summed E-state index contributed by atoms with van der Waals surface area (Å²) in [6.45, 7) is 3.65. The number of amides is 1. The molecule has 0 spiro atoms. The molecule has 1 N–H and O–H groups in total. The molecule has 0 aromatic heterocycles. The minimum atomic E-state index is -0.506. The average Bonchev–Trinajstić information content (AvgIpc) is 2.73. The van der Waals surface area contributed by atoms with Crippen LogP contribution in [-0.4, -0.2) is 18.5 Å². The molecule has 0 saturated carbocycles. The zero-order valence-electron chi connectivity index (χ0n) is 16.4. The van der Waals surface area contributed by atoms with E-state index in [0.717, 1.165) is 32.7 Å². The van der Waals surface area contributed by atoms with Crippen molar-refractivity contribution in [2.75, 3.05) is 11.9 Å². The van der Waals surface area contributed by atoms with Gasteiger partial charge in [0, 0.05) is 5.69 Å². The molecule has 0 radical (unpaired) electrons. The fraction of sp³-hybridized carbons (Fsp3) is 0.120. The molecule has 4 heteroatoms. The van der Waals surface area contributed by atoms with Crippen LogP contribution in [-0.2, 0) is 9.53 Å². The van der Waals surface area contributed by atoms with E-state index in [4.69, 9.17) is 4.74 Å². The van der Waals surface area contributed by atoms with Crippen molar-refractivity contribution in [2.24, 2.45) is 0 Å². The largest absolute Gasteiger partial charge is 0.452 e. The molecule has 0 aliphatic rings. The minimum Gasteiger partial charge on any atom is -0.452 e. The lowest BCUT2D eigenvalue weighted by Crippen LogP contribution is -2.21. The number of fused-ring (bicyclic) bond motifs is 2. The maximum Gasteiger partial charge on any atom is 0.339 e. The normalized spacial score (nSPS) is 10.8. The van der Waals surface area contributed by atoms with Crippen LogP contribution in [0.1, 0.15) is 21.5 Å². The van der Waals surface area contributed by atoms with Crippen LogP contribution in [0, 0.1) is 13.8 Å². The van der Waals surface area contributed by atoms with E-state index in [1.165, 1.54) is 0 Å². The molecule has 0 unspecified atom stereocenters. The van der Waals surface area contributed by atoms with E-state index in [0.29, 0.717) is 11.3 Å². The third kappa shape index (κ3) is 3.83. The van der Waals surface area contributed by atoms with Gasteiger partial charge in [0.05, 0.1) is 5.56 Å². The molecule has 1 amide bonds. The summed E-state index contributed by atoms with van der Waals surface area (Å²) in [5.74, 6) is -0.876. The molecule has 0 fully saturated rings. The Balaban J connectivity index is 1.57. The zero-order valence-corrected chi connectivity index (χ0v) is 16.4. The molecule has 29 heavy (non-hydrogen) atoms. The van der Waals surface area contributed by atoms with Crippen LogP contribution in [0.15, 0.2) is 72.8 Å². The maximum atomic E-state index is 12.9. The minimum absolute atomic E-state index is 0.344. The second-order valence-electron chi connectivity index (χ2n) is 7.12. The molecule has 0 heterocycles. The molecular weight excluding hydrogens is 362 g/mol. The Morgan fingerprint density at radius 2 is 1.41 bits per heavy atom. The van der Waals surface area contributed by atoms with Crippen molar-refractivity contribution in [3.8, 4) is 0 Å². The Bertz CT molecular complexity index is 1190. The van der Waals surface area contributed by atoms with Gasteiger partial charge >= 0.3 is 5.97 Å². The molecule has 0 saturated heterocycles. The Morgan fingerprint density at radius 1 is 0.793 bits per heavy atom. The monoisotopic (exact) mass is 383 g/mol. The first-order chi connectivity index (χ1) is 14.0. The second-order valence-corrected chi connectivity index (χ2v) is 7.12. The second kappa shape index (κ2) is 7.76. The van der Waals surface area contributed by atoms with Crippen LogP contribution in [0.2, 0.25) is 0 Å². The SMILES string of the molecule is Cc1ccc(NC(=O)COC(=O)c2c3ccccc3cc3ccccc23)cc1C. The van der Waals surface area contributed by atoms with Gasteiger partial charge in [0.1, 0.15) is 0 Å². The van der Waals surface area contributed by atoms with Gasteiger partial charge < -0.3 is 10.1 Å². The van der Waals surface area contributed by atoms with E-state index in [1.54, 1.807) is 0 Å². The van der Waals surface area contributed by atoms with Gasteiger partial charge in [0.25, 0.3) is 5.91 Å². The maximum absolute atomic E-state index is 12.9. The van der Waals surface area contributed by atoms with Crippen LogP contribution in [0.5, 0.6) is 0 Å². The summed E-state index contributed by atoms with van der Waals surface area (Å²) in [5, 5.41) is 6.31. The highest BCUT2D eigenvalue weighted by Gasteiger charge is 2.17. The van der Waals surface area contributed by atoms with Crippen molar-refractivity contribution in [3.05, 3.63) is 89.5 Å². The Labute approximate surface area is 169 Å². The van der Waals surface area contributed by atoms with Gasteiger partial charge in [0.2, 0.25) is 0 Å². The van der Waals surface area contributed by atoms with Gasteiger partial charge in [-0.25, -0.2) is 4.79 Å². The molecule has 0 aliphatic carbocycles. The van der Waals surface area contributed by atoms with Crippen molar-refractivity contribution >= 4 is 39.1 Å².